The molecule has 1 unspecified atom stereocenters. The smallest absolute Gasteiger partial charge is 0.0784 e. The molecule has 0 aliphatic carbocycles. The van der Waals surface area contributed by atoms with Gasteiger partial charge in [0.25, 0.3) is 0 Å². The second kappa shape index (κ2) is 3.73. The Bertz CT molecular complexity index is 310. The standard InChI is InChI=1S/C11H20N2O/c1-8-6-9(2)13(12-8)7-10(14)11(3,4)5/h6,10,14H,7H2,1-5H3. The van der Waals surface area contributed by atoms with Gasteiger partial charge in [-0.1, -0.05) is 20.8 Å². The third kappa shape index (κ3) is 2.58. The van der Waals surface area contributed by atoms with Gasteiger partial charge in [0.15, 0.2) is 0 Å². The molecule has 80 valence electrons. The van der Waals surface area contributed by atoms with E-state index < -0.39 is 0 Å². The van der Waals surface area contributed by atoms with Crippen LogP contribution in [0, 0.1) is 19.3 Å². The summed E-state index contributed by atoms with van der Waals surface area (Å²) in [6.45, 7) is 10.6. The van der Waals surface area contributed by atoms with Crippen molar-refractivity contribution < 1.29 is 5.11 Å². The van der Waals surface area contributed by atoms with Crippen molar-refractivity contribution in [1.29, 1.82) is 0 Å². The highest BCUT2D eigenvalue weighted by Gasteiger charge is 2.23. The first-order chi connectivity index (χ1) is 6.30. The second-order valence-electron chi connectivity index (χ2n) is 4.99. The Hall–Kier alpha value is -0.830. The van der Waals surface area contributed by atoms with E-state index in [4.69, 9.17) is 0 Å². The van der Waals surface area contributed by atoms with Crippen LogP contribution in [0.25, 0.3) is 0 Å². The molecule has 3 heteroatoms. The first-order valence-corrected chi connectivity index (χ1v) is 5.00. The maximum absolute atomic E-state index is 9.91. The highest BCUT2D eigenvalue weighted by molar-refractivity contribution is 5.06. The molecule has 1 aromatic heterocycles. The van der Waals surface area contributed by atoms with E-state index in [-0.39, 0.29) is 11.5 Å². The molecule has 0 saturated heterocycles. The predicted octanol–water partition coefficient (Wildman–Crippen LogP) is 1.91. The summed E-state index contributed by atoms with van der Waals surface area (Å²) in [7, 11) is 0. The zero-order chi connectivity index (χ0) is 10.9. The minimum absolute atomic E-state index is 0.0910. The van der Waals surface area contributed by atoms with Crippen LogP contribution in [0.4, 0.5) is 0 Å². The van der Waals surface area contributed by atoms with Crippen molar-refractivity contribution in [3.8, 4) is 0 Å². The van der Waals surface area contributed by atoms with Crippen LogP contribution in [0.3, 0.4) is 0 Å². The summed E-state index contributed by atoms with van der Waals surface area (Å²) in [6.07, 6.45) is -0.361. The highest BCUT2D eigenvalue weighted by atomic mass is 16.3. The molecule has 1 rings (SSSR count). The predicted molar refractivity (Wildman–Crippen MR) is 57.2 cm³/mol. The topological polar surface area (TPSA) is 38.0 Å². The van der Waals surface area contributed by atoms with Gasteiger partial charge in [-0.15, -0.1) is 0 Å². The summed E-state index contributed by atoms with van der Waals surface area (Å²) < 4.78 is 1.87. The number of hydrogen-bond donors (Lipinski definition) is 1. The maximum atomic E-state index is 9.91. The van der Waals surface area contributed by atoms with Gasteiger partial charge in [0.1, 0.15) is 0 Å². The van der Waals surface area contributed by atoms with Crippen molar-refractivity contribution in [2.45, 2.75) is 47.3 Å². The van der Waals surface area contributed by atoms with Crippen LogP contribution in [-0.4, -0.2) is 21.0 Å². The van der Waals surface area contributed by atoms with Gasteiger partial charge in [0.05, 0.1) is 18.3 Å². The summed E-state index contributed by atoms with van der Waals surface area (Å²) in [4.78, 5) is 0. The SMILES string of the molecule is Cc1cc(C)n(CC(O)C(C)(C)C)n1. The van der Waals surface area contributed by atoms with Gasteiger partial charge in [-0.3, -0.25) is 4.68 Å². The van der Waals surface area contributed by atoms with Gasteiger partial charge >= 0.3 is 0 Å². The molecule has 0 aliphatic heterocycles. The molecule has 1 heterocycles. The fourth-order valence-corrected chi connectivity index (χ4v) is 1.30. The lowest BCUT2D eigenvalue weighted by atomic mass is 9.89. The minimum atomic E-state index is -0.361. The maximum Gasteiger partial charge on any atom is 0.0784 e. The number of aliphatic hydroxyl groups excluding tert-OH is 1. The average Bonchev–Trinajstić information content (AvgIpc) is 2.28. The van der Waals surface area contributed by atoms with E-state index in [1.54, 1.807) is 0 Å². The molecule has 1 aromatic rings. The van der Waals surface area contributed by atoms with Gasteiger partial charge in [0, 0.05) is 5.69 Å². The molecular formula is C11H20N2O. The van der Waals surface area contributed by atoms with E-state index >= 15 is 0 Å². The summed E-state index contributed by atoms with van der Waals surface area (Å²) in [5.74, 6) is 0. The number of rotatable bonds is 2. The normalized spacial score (nSPS) is 14.4. The van der Waals surface area contributed by atoms with Crippen LogP contribution in [0.1, 0.15) is 32.2 Å². The Kier molecular flexibility index (Phi) is 3.00. The molecule has 0 spiro atoms. The molecule has 0 fully saturated rings. The summed E-state index contributed by atoms with van der Waals surface area (Å²) in [6, 6.07) is 2.02. The van der Waals surface area contributed by atoms with E-state index in [1.165, 1.54) is 0 Å². The molecule has 1 N–H and O–H groups in total. The van der Waals surface area contributed by atoms with Crippen molar-refractivity contribution in [2.24, 2.45) is 5.41 Å². The lowest BCUT2D eigenvalue weighted by Gasteiger charge is -2.26. The molecule has 0 saturated carbocycles. The first kappa shape index (κ1) is 11.2. The number of hydrogen-bond acceptors (Lipinski definition) is 2. The molecule has 14 heavy (non-hydrogen) atoms. The summed E-state index contributed by atoms with van der Waals surface area (Å²) in [5, 5.41) is 14.2. The van der Waals surface area contributed by atoms with Crippen molar-refractivity contribution in [2.75, 3.05) is 0 Å². The monoisotopic (exact) mass is 196 g/mol. The summed E-state index contributed by atoms with van der Waals surface area (Å²) >= 11 is 0. The fraction of sp³-hybridized carbons (Fsp3) is 0.727. The van der Waals surface area contributed by atoms with Crippen molar-refractivity contribution in [1.82, 2.24) is 9.78 Å². The molecular weight excluding hydrogens is 176 g/mol. The minimum Gasteiger partial charge on any atom is -0.391 e. The van der Waals surface area contributed by atoms with E-state index in [1.807, 2.05) is 45.4 Å². The lowest BCUT2D eigenvalue weighted by Crippen LogP contribution is -2.31. The Morgan fingerprint density at radius 3 is 2.36 bits per heavy atom. The number of aliphatic hydroxyl groups is 1. The molecule has 0 bridgehead atoms. The molecule has 0 aliphatic rings. The second-order valence-corrected chi connectivity index (χ2v) is 4.99. The zero-order valence-corrected chi connectivity index (χ0v) is 9.70. The summed E-state index contributed by atoms with van der Waals surface area (Å²) in [5.41, 5.74) is 2.01. The van der Waals surface area contributed by atoms with E-state index in [0.29, 0.717) is 6.54 Å². The Balaban J connectivity index is 2.74. The fourth-order valence-electron chi connectivity index (χ4n) is 1.30. The quantitative estimate of drug-likeness (QED) is 0.784. The first-order valence-electron chi connectivity index (χ1n) is 5.00. The van der Waals surface area contributed by atoms with Gasteiger partial charge < -0.3 is 5.11 Å². The van der Waals surface area contributed by atoms with Crippen molar-refractivity contribution in [3.05, 3.63) is 17.5 Å². The third-order valence-electron chi connectivity index (χ3n) is 2.45. The lowest BCUT2D eigenvalue weighted by molar-refractivity contribution is 0.0445. The van der Waals surface area contributed by atoms with E-state index in [9.17, 15) is 5.11 Å². The highest BCUT2D eigenvalue weighted by Crippen LogP contribution is 2.20. The van der Waals surface area contributed by atoms with Crippen LogP contribution in [-0.2, 0) is 6.54 Å². The van der Waals surface area contributed by atoms with Gasteiger partial charge in [-0.2, -0.15) is 5.10 Å². The van der Waals surface area contributed by atoms with Crippen LogP contribution in [0.5, 0.6) is 0 Å². The van der Waals surface area contributed by atoms with Gasteiger partial charge in [-0.25, -0.2) is 0 Å². The molecule has 0 radical (unpaired) electrons. The average molecular weight is 196 g/mol. The largest absolute Gasteiger partial charge is 0.391 e. The zero-order valence-electron chi connectivity index (χ0n) is 9.70. The molecule has 0 aromatic carbocycles. The van der Waals surface area contributed by atoms with Crippen LogP contribution in [0.15, 0.2) is 6.07 Å². The molecule has 1 atom stereocenters. The van der Waals surface area contributed by atoms with Gasteiger partial charge in [-0.05, 0) is 25.3 Å². The van der Waals surface area contributed by atoms with E-state index in [2.05, 4.69) is 5.10 Å². The van der Waals surface area contributed by atoms with Crippen LogP contribution >= 0.6 is 0 Å². The van der Waals surface area contributed by atoms with Crippen molar-refractivity contribution in [3.63, 3.8) is 0 Å². The van der Waals surface area contributed by atoms with E-state index in [0.717, 1.165) is 11.4 Å². The number of aromatic nitrogens is 2. The number of aryl methyl sites for hydroxylation is 2. The number of nitrogens with zero attached hydrogens (tertiary/aromatic N) is 2. The third-order valence-corrected chi connectivity index (χ3v) is 2.45. The Labute approximate surface area is 85.8 Å². The molecule has 0 amide bonds. The van der Waals surface area contributed by atoms with Crippen molar-refractivity contribution >= 4 is 0 Å². The van der Waals surface area contributed by atoms with Crippen LogP contribution < -0.4 is 0 Å². The van der Waals surface area contributed by atoms with Crippen LogP contribution in [0.2, 0.25) is 0 Å². The molecule has 3 nitrogen and oxygen atoms in total. The Morgan fingerprint density at radius 2 is 2.00 bits per heavy atom. The Morgan fingerprint density at radius 1 is 1.43 bits per heavy atom. The van der Waals surface area contributed by atoms with Gasteiger partial charge in [0.2, 0.25) is 0 Å².